The molecular formula is C8H12N4O2. The summed E-state index contributed by atoms with van der Waals surface area (Å²) in [6, 6.07) is -0.615. The zero-order chi connectivity index (χ0) is 10.3. The van der Waals surface area contributed by atoms with Crippen LogP contribution >= 0.6 is 0 Å². The van der Waals surface area contributed by atoms with Gasteiger partial charge in [0.2, 0.25) is 0 Å². The number of urea groups is 2. The van der Waals surface area contributed by atoms with Gasteiger partial charge >= 0.3 is 12.1 Å². The Morgan fingerprint density at radius 2 is 2.07 bits per heavy atom. The maximum atomic E-state index is 11.3. The zero-order valence-corrected chi connectivity index (χ0v) is 8.02. The molecule has 0 saturated carbocycles. The first-order valence-corrected chi connectivity index (χ1v) is 4.45. The predicted molar refractivity (Wildman–Crippen MR) is 48.8 cm³/mol. The van der Waals surface area contributed by atoms with Crippen LogP contribution in [0.25, 0.3) is 0 Å². The number of fused-ring (bicyclic) bond motifs is 1. The van der Waals surface area contributed by atoms with Gasteiger partial charge in [0.15, 0.2) is 6.29 Å². The molecule has 2 N–H and O–H groups in total. The van der Waals surface area contributed by atoms with Crippen LogP contribution in [0.3, 0.4) is 0 Å². The van der Waals surface area contributed by atoms with Crippen molar-refractivity contribution in [2.45, 2.75) is 26.2 Å². The Morgan fingerprint density at radius 1 is 1.36 bits per heavy atom. The predicted octanol–water partition coefficient (Wildman–Crippen LogP) is 0.200. The summed E-state index contributed by atoms with van der Waals surface area (Å²) < 4.78 is 0. The van der Waals surface area contributed by atoms with Crippen LogP contribution in [0.1, 0.15) is 13.8 Å². The fourth-order valence-corrected chi connectivity index (χ4v) is 1.55. The van der Waals surface area contributed by atoms with Crippen molar-refractivity contribution in [3.8, 4) is 0 Å². The first kappa shape index (κ1) is 8.86. The standard InChI is InChI=1S/C8H12N4O2/c1-5(2)11-3-4-12-7(11)9-6(13)10-8(12)14/h3-5,7H,1-2H3,(H2,9,10,13,14). The van der Waals surface area contributed by atoms with Crippen LogP contribution in [0.2, 0.25) is 0 Å². The molecule has 2 aliphatic heterocycles. The summed E-state index contributed by atoms with van der Waals surface area (Å²) in [7, 11) is 0. The fraction of sp³-hybridized carbons (Fsp3) is 0.500. The molecule has 0 aromatic heterocycles. The van der Waals surface area contributed by atoms with Crippen LogP contribution in [0, 0.1) is 0 Å². The van der Waals surface area contributed by atoms with Crippen LogP contribution in [-0.2, 0) is 0 Å². The van der Waals surface area contributed by atoms with Crippen molar-refractivity contribution in [1.82, 2.24) is 20.4 Å². The molecule has 1 saturated heterocycles. The van der Waals surface area contributed by atoms with Gasteiger partial charge in [0.05, 0.1) is 0 Å². The second-order valence-electron chi connectivity index (χ2n) is 3.52. The third-order valence-corrected chi connectivity index (χ3v) is 2.26. The van der Waals surface area contributed by atoms with Gasteiger partial charge in [-0.25, -0.2) is 9.59 Å². The van der Waals surface area contributed by atoms with Crippen molar-refractivity contribution >= 4 is 12.1 Å². The Labute approximate surface area is 81.5 Å². The van der Waals surface area contributed by atoms with E-state index in [1.54, 1.807) is 12.4 Å². The topological polar surface area (TPSA) is 64.7 Å². The SMILES string of the molecule is CC(C)N1C=CN2C(=O)NC(=O)NC21. The zero-order valence-electron chi connectivity index (χ0n) is 8.02. The van der Waals surface area contributed by atoms with Gasteiger partial charge in [-0.05, 0) is 13.8 Å². The highest BCUT2D eigenvalue weighted by atomic mass is 16.2. The van der Waals surface area contributed by atoms with E-state index in [2.05, 4.69) is 10.6 Å². The second-order valence-corrected chi connectivity index (χ2v) is 3.52. The van der Waals surface area contributed by atoms with Crippen molar-refractivity contribution < 1.29 is 9.59 Å². The number of carbonyl (C=O) groups is 2. The van der Waals surface area contributed by atoms with Gasteiger partial charge in [0.25, 0.3) is 0 Å². The maximum Gasteiger partial charge on any atom is 0.332 e. The number of hydrogen-bond acceptors (Lipinski definition) is 3. The molecule has 0 spiro atoms. The number of rotatable bonds is 1. The first-order valence-electron chi connectivity index (χ1n) is 4.45. The Kier molecular flexibility index (Phi) is 1.83. The monoisotopic (exact) mass is 196 g/mol. The van der Waals surface area contributed by atoms with E-state index in [4.69, 9.17) is 0 Å². The molecule has 0 radical (unpaired) electrons. The minimum absolute atomic E-state index is 0.229. The maximum absolute atomic E-state index is 11.3. The summed E-state index contributed by atoms with van der Waals surface area (Å²) in [5.41, 5.74) is 0. The molecule has 0 aromatic rings. The van der Waals surface area contributed by atoms with Crippen molar-refractivity contribution in [3.05, 3.63) is 12.4 Å². The van der Waals surface area contributed by atoms with E-state index >= 15 is 0 Å². The third kappa shape index (κ3) is 1.19. The fourth-order valence-electron chi connectivity index (χ4n) is 1.55. The smallest absolute Gasteiger partial charge is 0.332 e. The molecule has 4 amide bonds. The molecule has 76 valence electrons. The molecule has 6 nitrogen and oxygen atoms in total. The van der Waals surface area contributed by atoms with E-state index in [1.807, 2.05) is 18.7 Å². The van der Waals surface area contributed by atoms with Crippen molar-refractivity contribution in [2.24, 2.45) is 0 Å². The largest absolute Gasteiger partial charge is 0.337 e. The van der Waals surface area contributed by atoms with Gasteiger partial charge in [-0.1, -0.05) is 0 Å². The van der Waals surface area contributed by atoms with Crippen molar-refractivity contribution in [1.29, 1.82) is 0 Å². The van der Waals surface area contributed by atoms with E-state index in [0.717, 1.165) is 0 Å². The molecule has 2 rings (SSSR count). The van der Waals surface area contributed by atoms with Gasteiger partial charge in [-0.2, -0.15) is 0 Å². The van der Waals surface area contributed by atoms with Crippen molar-refractivity contribution in [3.63, 3.8) is 0 Å². The summed E-state index contributed by atoms with van der Waals surface area (Å²) in [5, 5.41) is 4.83. The summed E-state index contributed by atoms with van der Waals surface area (Å²) >= 11 is 0. The molecule has 1 unspecified atom stereocenters. The molecule has 0 aromatic carbocycles. The summed E-state index contributed by atoms with van der Waals surface area (Å²) in [6.07, 6.45) is 3.07. The summed E-state index contributed by atoms with van der Waals surface area (Å²) in [6.45, 7) is 3.99. The number of nitrogens with one attached hydrogen (secondary N) is 2. The number of imide groups is 1. The molecule has 0 aliphatic carbocycles. The van der Waals surface area contributed by atoms with Crippen LogP contribution in [-0.4, -0.2) is 34.2 Å². The van der Waals surface area contributed by atoms with Gasteiger partial charge < -0.3 is 4.90 Å². The molecule has 14 heavy (non-hydrogen) atoms. The molecule has 2 heterocycles. The Bertz CT molecular complexity index is 312. The van der Waals surface area contributed by atoms with Crippen LogP contribution < -0.4 is 10.6 Å². The van der Waals surface area contributed by atoms with E-state index in [9.17, 15) is 9.59 Å². The van der Waals surface area contributed by atoms with Gasteiger partial charge in [0, 0.05) is 18.4 Å². The molecule has 1 fully saturated rings. The lowest BCUT2D eigenvalue weighted by molar-refractivity contribution is 0.102. The van der Waals surface area contributed by atoms with E-state index in [1.165, 1.54) is 4.90 Å². The van der Waals surface area contributed by atoms with Crippen LogP contribution in [0.4, 0.5) is 9.59 Å². The van der Waals surface area contributed by atoms with Crippen LogP contribution in [0.5, 0.6) is 0 Å². The Balaban J connectivity index is 2.20. The molecule has 6 heteroatoms. The third-order valence-electron chi connectivity index (χ3n) is 2.26. The highest BCUT2D eigenvalue weighted by molar-refractivity contribution is 5.96. The van der Waals surface area contributed by atoms with Gasteiger partial charge in [-0.3, -0.25) is 15.5 Å². The summed E-state index contributed by atoms with van der Waals surface area (Å²) in [4.78, 5) is 25.7. The lowest BCUT2D eigenvalue weighted by Crippen LogP contribution is -2.65. The van der Waals surface area contributed by atoms with E-state index in [0.29, 0.717) is 0 Å². The normalized spacial score (nSPS) is 25.2. The molecular weight excluding hydrogens is 184 g/mol. The Hall–Kier alpha value is -1.72. The lowest BCUT2D eigenvalue weighted by atomic mass is 10.3. The second kappa shape index (κ2) is 2.90. The average molecular weight is 196 g/mol. The molecule has 0 bridgehead atoms. The first-order chi connectivity index (χ1) is 6.59. The lowest BCUT2D eigenvalue weighted by Gasteiger charge is -2.36. The quantitative estimate of drug-likeness (QED) is 0.629. The van der Waals surface area contributed by atoms with Crippen molar-refractivity contribution in [2.75, 3.05) is 0 Å². The average Bonchev–Trinajstić information content (AvgIpc) is 2.47. The summed E-state index contributed by atoms with van der Waals surface area (Å²) in [5.74, 6) is 0. The van der Waals surface area contributed by atoms with Gasteiger partial charge in [-0.15, -0.1) is 0 Å². The highest BCUT2D eigenvalue weighted by Crippen LogP contribution is 2.18. The number of hydrogen-bond donors (Lipinski definition) is 2. The molecule has 2 aliphatic rings. The minimum Gasteiger partial charge on any atom is -0.337 e. The number of nitrogens with zero attached hydrogens (tertiary/aromatic N) is 2. The van der Waals surface area contributed by atoms with E-state index < -0.39 is 12.1 Å². The highest BCUT2D eigenvalue weighted by Gasteiger charge is 2.37. The number of amides is 4. The Morgan fingerprint density at radius 3 is 2.71 bits per heavy atom. The van der Waals surface area contributed by atoms with Crippen LogP contribution in [0.15, 0.2) is 12.4 Å². The number of carbonyl (C=O) groups excluding carboxylic acids is 2. The van der Waals surface area contributed by atoms with E-state index in [-0.39, 0.29) is 12.3 Å². The minimum atomic E-state index is -0.453. The van der Waals surface area contributed by atoms with Gasteiger partial charge in [0.1, 0.15) is 0 Å². The molecule has 1 atom stereocenters.